The number of amides is 1. The maximum absolute atomic E-state index is 12.0. The Kier molecular flexibility index (Phi) is 3.57. The number of nitrogens with one attached hydrogen (secondary N) is 2. The predicted molar refractivity (Wildman–Crippen MR) is 67.0 cm³/mol. The lowest BCUT2D eigenvalue weighted by Crippen LogP contribution is -2.43. The molecule has 0 fully saturated rings. The molecule has 16 heavy (non-hydrogen) atoms. The van der Waals surface area contributed by atoms with Crippen LogP contribution in [0.1, 0.15) is 39.4 Å². The minimum atomic E-state index is -0.294. The van der Waals surface area contributed by atoms with Gasteiger partial charge in [0, 0.05) is 17.4 Å². The number of H-pyrrole nitrogens is 1. The molecule has 0 spiro atoms. The molecular formula is C11H19N3OS. The van der Waals surface area contributed by atoms with Gasteiger partial charge in [-0.25, -0.2) is 0 Å². The molecule has 0 aliphatic carbocycles. The molecule has 1 atom stereocenters. The topological polar surface area (TPSA) is 49.8 Å². The van der Waals surface area contributed by atoms with E-state index >= 15 is 0 Å². The van der Waals surface area contributed by atoms with Crippen molar-refractivity contribution >= 4 is 18.1 Å². The maximum atomic E-state index is 12.0. The highest BCUT2D eigenvalue weighted by Crippen LogP contribution is 2.12. The molecule has 1 rings (SSSR count). The third-order valence-electron chi connectivity index (χ3n) is 2.27. The Morgan fingerprint density at radius 3 is 2.50 bits per heavy atom. The fourth-order valence-electron chi connectivity index (χ4n) is 1.54. The number of aromatic nitrogens is 2. The van der Waals surface area contributed by atoms with Crippen molar-refractivity contribution in [2.45, 2.75) is 46.2 Å². The number of rotatable bonds is 2. The lowest BCUT2D eigenvalue weighted by Gasteiger charge is -2.24. The van der Waals surface area contributed by atoms with Gasteiger partial charge in [-0.15, -0.1) is 0 Å². The Labute approximate surface area is 101 Å². The summed E-state index contributed by atoms with van der Waals surface area (Å²) in [5.41, 5.74) is 0.735. The third kappa shape index (κ3) is 2.95. The van der Waals surface area contributed by atoms with Crippen LogP contribution in [-0.4, -0.2) is 21.0 Å². The standard InChI is InChI=1S/C11H19N3OS/c1-7-6-12-10(16)14(7)8(2)9(15)13-11(3,4)5/h6,8H,1-5H3,(H,12,16)(H,13,15). The predicted octanol–water partition coefficient (Wildman–Crippen LogP) is 2.33. The van der Waals surface area contributed by atoms with Crippen molar-refractivity contribution < 1.29 is 4.79 Å². The number of carbonyl (C=O) groups is 1. The van der Waals surface area contributed by atoms with Crippen LogP contribution >= 0.6 is 12.2 Å². The van der Waals surface area contributed by atoms with E-state index in [-0.39, 0.29) is 17.5 Å². The summed E-state index contributed by atoms with van der Waals surface area (Å²) in [7, 11) is 0. The van der Waals surface area contributed by atoms with E-state index in [0.29, 0.717) is 4.77 Å². The van der Waals surface area contributed by atoms with E-state index < -0.39 is 0 Å². The van der Waals surface area contributed by atoms with Crippen molar-refractivity contribution in [1.82, 2.24) is 14.9 Å². The first-order valence-electron chi connectivity index (χ1n) is 5.31. The Morgan fingerprint density at radius 1 is 1.56 bits per heavy atom. The molecule has 2 N–H and O–H groups in total. The summed E-state index contributed by atoms with van der Waals surface area (Å²) in [4.78, 5) is 14.9. The lowest BCUT2D eigenvalue weighted by molar-refractivity contribution is -0.125. The van der Waals surface area contributed by atoms with Crippen molar-refractivity contribution in [3.05, 3.63) is 16.7 Å². The zero-order chi connectivity index (χ0) is 12.5. The van der Waals surface area contributed by atoms with Crippen LogP contribution < -0.4 is 5.32 Å². The number of imidazole rings is 1. The van der Waals surface area contributed by atoms with Gasteiger partial charge < -0.3 is 14.9 Å². The molecule has 0 aliphatic heterocycles. The number of carbonyl (C=O) groups excluding carboxylic acids is 1. The van der Waals surface area contributed by atoms with Gasteiger partial charge in [0.15, 0.2) is 4.77 Å². The average Bonchev–Trinajstić information content (AvgIpc) is 2.42. The molecule has 0 bridgehead atoms. The summed E-state index contributed by atoms with van der Waals surface area (Å²) in [6.07, 6.45) is 1.81. The zero-order valence-corrected chi connectivity index (χ0v) is 11.2. The molecule has 1 heterocycles. The van der Waals surface area contributed by atoms with Gasteiger partial charge in [0.2, 0.25) is 5.91 Å². The molecular weight excluding hydrogens is 222 g/mol. The van der Waals surface area contributed by atoms with Crippen LogP contribution in [0.5, 0.6) is 0 Å². The molecule has 0 saturated carbocycles. The van der Waals surface area contributed by atoms with Crippen molar-refractivity contribution in [2.75, 3.05) is 0 Å². The number of hydrogen-bond donors (Lipinski definition) is 2. The average molecular weight is 241 g/mol. The van der Waals surface area contributed by atoms with Crippen LogP contribution in [0.2, 0.25) is 0 Å². The second-order valence-electron chi connectivity index (χ2n) is 5.02. The molecule has 5 heteroatoms. The van der Waals surface area contributed by atoms with Crippen molar-refractivity contribution in [2.24, 2.45) is 0 Å². The van der Waals surface area contributed by atoms with Crippen LogP contribution in [0.15, 0.2) is 6.20 Å². The van der Waals surface area contributed by atoms with Crippen LogP contribution in [-0.2, 0) is 4.79 Å². The van der Waals surface area contributed by atoms with Crippen molar-refractivity contribution in [3.63, 3.8) is 0 Å². The highest BCUT2D eigenvalue weighted by atomic mass is 32.1. The molecule has 1 amide bonds. The van der Waals surface area contributed by atoms with E-state index in [0.717, 1.165) is 5.69 Å². The number of nitrogens with zero attached hydrogens (tertiary/aromatic N) is 1. The first-order valence-corrected chi connectivity index (χ1v) is 5.72. The minimum Gasteiger partial charge on any atom is -0.350 e. The van der Waals surface area contributed by atoms with Gasteiger partial charge in [-0.2, -0.15) is 0 Å². The van der Waals surface area contributed by atoms with Gasteiger partial charge in [-0.3, -0.25) is 4.79 Å². The Bertz CT molecular complexity index is 439. The number of aryl methyl sites for hydroxylation is 1. The van der Waals surface area contributed by atoms with Gasteiger partial charge in [-0.05, 0) is 46.8 Å². The fraction of sp³-hybridized carbons (Fsp3) is 0.636. The molecule has 1 unspecified atom stereocenters. The molecule has 4 nitrogen and oxygen atoms in total. The van der Waals surface area contributed by atoms with E-state index in [1.807, 2.05) is 45.4 Å². The summed E-state index contributed by atoms with van der Waals surface area (Å²) in [6, 6.07) is -0.294. The summed E-state index contributed by atoms with van der Waals surface area (Å²) >= 11 is 5.14. The summed E-state index contributed by atoms with van der Waals surface area (Å²) in [6.45, 7) is 9.65. The van der Waals surface area contributed by atoms with Gasteiger partial charge in [-0.1, -0.05) is 0 Å². The summed E-state index contributed by atoms with van der Waals surface area (Å²) in [5, 5.41) is 2.94. The molecule has 0 aromatic carbocycles. The second kappa shape index (κ2) is 4.41. The minimum absolute atomic E-state index is 0.0219. The molecule has 0 radical (unpaired) electrons. The highest BCUT2D eigenvalue weighted by molar-refractivity contribution is 7.71. The number of hydrogen-bond acceptors (Lipinski definition) is 2. The largest absolute Gasteiger partial charge is 0.350 e. The first-order chi connectivity index (χ1) is 7.22. The van der Waals surface area contributed by atoms with Gasteiger partial charge >= 0.3 is 0 Å². The smallest absolute Gasteiger partial charge is 0.243 e. The normalized spacial score (nSPS) is 13.6. The zero-order valence-electron chi connectivity index (χ0n) is 10.4. The molecule has 0 aliphatic rings. The quantitative estimate of drug-likeness (QED) is 0.781. The van der Waals surface area contributed by atoms with E-state index in [9.17, 15) is 4.79 Å². The van der Waals surface area contributed by atoms with Gasteiger partial charge in [0.1, 0.15) is 6.04 Å². The fourth-order valence-corrected chi connectivity index (χ4v) is 1.90. The van der Waals surface area contributed by atoms with Gasteiger partial charge in [0.05, 0.1) is 0 Å². The van der Waals surface area contributed by atoms with Crippen LogP contribution in [0.4, 0.5) is 0 Å². The van der Waals surface area contributed by atoms with E-state index in [1.54, 1.807) is 0 Å². The molecule has 1 aromatic heterocycles. The van der Waals surface area contributed by atoms with Crippen LogP contribution in [0, 0.1) is 11.7 Å². The molecule has 1 aromatic rings. The van der Waals surface area contributed by atoms with Crippen molar-refractivity contribution in [3.8, 4) is 0 Å². The van der Waals surface area contributed by atoms with E-state index in [1.165, 1.54) is 0 Å². The SMILES string of the molecule is Cc1c[nH]c(=S)n1C(C)C(=O)NC(C)(C)C. The molecule has 0 saturated heterocycles. The van der Waals surface area contributed by atoms with Crippen molar-refractivity contribution in [1.29, 1.82) is 0 Å². The molecule has 90 valence electrons. The van der Waals surface area contributed by atoms with Crippen LogP contribution in [0.25, 0.3) is 0 Å². The third-order valence-corrected chi connectivity index (χ3v) is 2.58. The highest BCUT2D eigenvalue weighted by Gasteiger charge is 2.21. The monoisotopic (exact) mass is 241 g/mol. The van der Waals surface area contributed by atoms with E-state index in [4.69, 9.17) is 12.2 Å². The summed E-state index contributed by atoms with van der Waals surface area (Å²) in [5.74, 6) is -0.0219. The number of aromatic amines is 1. The second-order valence-corrected chi connectivity index (χ2v) is 5.41. The van der Waals surface area contributed by atoms with E-state index in [2.05, 4.69) is 10.3 Å². The first kappa shape index (κ1) is 13.0. The Morgan fingerprint density at radius 2 is 2.12 bits per heavy atom. The Hall–Kier alpha value is -1.10. The maximum Gasteiger partial charge on any atom is 0.243 e. The van der Waals surface area contributed by atoms with Crippen LogP contribution in [0.3, 0.4) is 0 Å². The summed E-state index contributed by atoms with van der Waals surface area (Å²) < 4.78 is 2.39. The van der Waals surface area contributed by atoms with Gasteiger partial charge in [0.25, 0.3) is 0 Å². The lowest BCUT2D eigenvalue weighted by atomic mass is 10.1. The Balaban J connectivity index is 2.91.